The molecule has 2 N–H and O–H groups in total. The quantitative estimate of drug-likeness (QED) is 0.896. The van der Waals surface area contributed by atoms with Gasteiger partial charge in [0.05, 0.1) is 17.4 Å². The van der Waals surface area contributed by atoms with Crippen LogP contribution in [-0.4, -0.2) is 18.0 Å². The van der Waals surface area contributed by atoms with E-state index in [1.165, 1.54) is 6.42 Å². The van der Waals surface area contributed by atoms with Crippen molar-refractivity contribution in [1.29, 1.82) is 5.26 Å². The van der Waals surface area contributed by atoms with E-state index in [9.17, 15) is 4.79 Å². The summed E-state index contributed by atoms with van der Waals surface area (Å²) < 4.78 is 0. The highest BCUT2D eigenvalue weighted by Gasteiger charge is 2.42. The Kier molecular flexibility index (Phi) is 3.46. The number of fused-ring (bicyclic) bond motifs is 2. The van der Waals surface area contributed by atoms with Crippen molar-refractivity contribution < 1.29 is 4.79 Å². The van der Waals surface area contributed by atoms with E-state index in [0.717, 1.165) is 24.1 Å². The molecule has 0 aliphatic carbocycles. The summed E-state index contributed by atoms with van der Waals surface area (Å²) in [5, 5.41) is 15.6. The third-order valence-electron chi connectivity index (χ3n) is 4.79. The van der Waals surface area contributed by atoms with Gasteiger partial charge in [-0.25, -0.2) is 0 Å². The van der Waals surface area contributed by atoms with Crippen LogP contribution in [-0.2, 0) is 10.2 Å². The van der Waals surface area contributed by atoms with Crippen molar-refractivity contribution in [2.24, 2.45) is 5.92 Å². The lowest BCUT2D eigenvalue weighted by molar-refractivity contribution is -0.120. The molecule has 3 unspecified atom stereocenters. The normalized spacial score (nSPS) is 27.4. The highest BCUT2D eigenvalue weighted by atomic mass is 16.2. The fourth-order valence-electron chi connectivity index (χ4n) is 3.38. The molecule has 0 aromatic heterocycles. The summed E-state index contributed by atoms with van der Waals surface area (Å²) >= 11 is 0. The molecule has 2 aliphatic rings. The molecule has 3 rings (SSSR count). The molecule has 2 saturated heterocycles. The number of amides is 1. The molecule has 2 aliphatic heterocycles. The first-order valence-corrected chi connectivity index (χ1v) is 7.58. The standard InChI is InChI=1S/C17H21N3O/c1-17(2,10-18)11-3-5-12(6-4-11)20-16(21)14-9-13-7-8-15(14)19-13/h3-6,13-15,19H,7-9H2,1-2H3,(H,20,21). The molecule has 1 aromatic rings. The van der Waals surface area contributed by atoms with Gasteiger partial charge >= 0.3 is 0 Å². The van der Waals surface area contributed by atoms with E-state index in [1.54, 1.807) is 0 Å². The molecule has 2 bridgehead atoms. The van der Waals surface area contributed by atoms with Crippen LogP contribution in [0, 0.1) is 17.2 Å². The summed E-state index contributed by atoms with van der Waals surface area (Å²) in [6.45, 7) is 3.78. The van der Waals surface area contributed by atoms with Gasteiger partial charge in [0.1, 0.15) is 0 Å². The molecule has 4 nitrogen and oxygen atoms in total. The van der Waals surface area contributed by atoms with Crippen molar-refractivity contribution in [3.8, 4) is 6.07 Å². The minimum atomic E-state index is -0.503. The lowest BCUT2D eigenvalue weighted by atomic mass is 9.86. The van der Waals surface area contributed by atoms with Gasteiger partial charge < -0.3 is 10.6 Å². The predicted molar refractivity (Wildman–Crippen MR) is 81.8 cm³/mol. The SMILES string of the molecule is CC(C)(C#N)c1ccc(NC(=O)C2CC3CCC2N3)cc1. The molecular formula is C17H21N3O. The Morgan fingerprint density at radius 3 is 2.57 bits per heavy atom. The van der Waals surface area contributed by atoms with E-state index < -0.39 is 5.41 Å². The number of rotatable bonds is 3. The van der Waals surface area contributed by atoms with E-state index in [4.69, 9.17) is 5.26 Å². The number of nitrogens with one attached hydrogen (secondary N) is 2. The maximum atomic E-state index is 12.3. The molecule has 1 amide bonds. The second-order valence-corrected chi connectivity index (χ2v) is 6.69. The largest absolute Gasteiger partial charge is 0.326 e. The molecule has 21 heavy (non-hydrogen) atoms. The van der Waals surface area contributed by atoms with Gasteiger partial charge in [-0.05, 0) is 50.8 Å². The van der Waals surface area contributed by atoms with Crippen LogP contribution in [0.4, 0.5) is 5.69 Å². The second-order valence-electron chi connectivity index (χ2n) is 6.69. The van der Waals surface area contributed by atoms with Crippen LogP contribution in [0.2, 0.25) is 0 Å². The Morgan fingerprint density at radius 2 is 2.05 bits per heavy atom. The maximum absolute atomic E-state index is 12.3. The van der Waals surface area contributed by atoms with Crippen molar-refractivity contribution in [3.05, 3.63) is 29.8 Å². The van der Waals surface area contributed by atoms with Crippen molar-refractivity contribution in [1.82, 2.24) is 5.32 Å². The summed E-state index contributed by atoms with van der Waals surface area (Å²) in [4.78, 5) is 12.3. The highest BCUT2D eigenvalue weighted by molar-refractivity contribution is 5.93. The lowest BCUT2D eigenvalue weighted by Gasteiger charge is -2.20. The van der Waals surface area contributed by atoms with Crippen LogP contribution < -0.4 is 10.6 Å². The first-order chi connectivity index (χ1) is 9.99. The van der Waals surface area contributed by atoms with E-state index in [1.807, 2.05) is 38.1 Å². The third kappa shape index (κ3) is 2.66. The monoisotopic (exact) mass is 283 g/mol. The third-order valence-corrected chi connectivity index (χ3v) is 4.79. The van der Waals surface area contributed by atoms with Gasteiger partial charge in [-0.2, -0.15) is 5.26 Å². The number of carbonyl (C=O) groups is 1. The van der Waals surface area contributed by atoms with E-state index >= 15 is 0 Å². The molecule has 2 heterocycles. The molecule has 1 aromatic carbocycles. The zero-order chi connectivity index (χ0) is 15.0. The molecular weight excluding hydrogens is 262 g/mol. The summed E-state index contributed by atoms with van der Waals surface area (Å²) in [6.07, 6.45) is 3.26. The fraction of sp³-hybridized carbons (Fsp3) is 0.529. The van der Waals surface area contributed by atoms with Crippen molar-refractivity contribution in [3.63, 3.8) is 0 Å². The van der Waals surface area contributed by atoms with Crippen LogP contribution in [0.1, 0.15) is 38.7 Å². The molecule has 0 saturated carbocycles. The van der Waals surface area contributed by atoms with Gasteiger partial charge in [-0.3, -0.25) is 4.79 Å². The number of anilines is 1. The lowest BCUT2D eigenvalue weighted by Crippen LogP contribution is -2.32. The van der Waals surface area contributed by atoms with Crippen molar-refractivity contribution in [2.45, 2.75) is 50.6 Å². The van der Waals surface area contributed by atoms with Crippen molar-refractivity contribution in [2.75, 3.05) is 5.32 Å². The summed E-state index contributed by atoms with van der Waals surface area (Å²) in [5.74, 6) is 0.209. The van der Waals surface area contributed by atoms with E-state index in [0.29, 0.717) is 12.1 Å². The first kappa shape index (κ1) is 14.1. The Labute approximate surface area is 125 Å². The van der Waals surface area contributed by atoms with Gasteiger partial charge in [-0.15, -0.1) is 0 Å². The smallest absolute Gasteiger partial charge is 0.229 e. The number of hydrogen-bond acceptors (Lipinski definition) is 3. The summed E-state index contributed by atoms with van der Waals surface area (Å²) in [5.41, 5.74) is 1.27. The number of hydrogen-bond donors (Lipinski definition) is 2. The van der Waals surface area contributed by atoms with Crippen molar-refractivity contribution >= 4 is 11.6 Å². The topological polar surface area (TPSA) is 64.9 Å². The fourth-order valence-corrected chi connectivity index (χ4v) is 3.38. The van der Waals surface area contributed by atoms with Crippen LogP contribution in [0.15, 0.2) is 24.3 Å². The average Bonchev–Trinajstić information content (AvgIpc) is 3.10. The van der Waals surface area contributed by atoms with Crippen LogP contribution in [0.25, 0.3) is 0 Å². The number of nitrogens with zero attached hydrogens (tertiary/aromatic N) is 1. The molecule has 0 spiro atoms. The average molecular weight is 283 g/mol. The summed E-state index contributed by atoms with van der Waals surface area (Å²) in [7, 11) is 0. The Morgan fingerprint density at radius 1 is 1.33 bits per heavy atom. The zero-order valence-corrected chi connectivity index (χ0v) is 12.5. The Hall–Kier alpha value is -1.86. The molecule has 3 atom stereocenters. The minimum absolute atomic E-state index is 0.0963. The number of carbonyl (C=O) groups excluding carboxylic acids is 1. The molecule has 4 heteroatoms. The van der Waals surface area contributed by atoms with Gasteiger partial charge in [0, 0.05) is 17.8 Å². The van der Waals surface area contributed by atoms with Gasteiger partial charge in [0.2, 0.25) is 5.91 Å². The Balaban J connectivity index is 1.66. The van der Waals surface area contributed by atoms with E-state index in [2.05, 4.69) is 16.7 Å². The predicted octanol–water partition coefficient (Wildman–Crippen LogP) is 2.57. The molecule has 110 valence electrons. The Bertz CT molecular complexity index is 585. The van der Waals surface area contributed by atoms with Gasteiger partial charge in [0.15, 0.2) is 0 Å². The number of benzene rings is 1. The van der Waals surface area contributed by atoms with Crippen LogP contribution in [0.3, 0.4) is 0 Å². The number of nitriles is 1. The van der Waals surface area contributed by atoms with Gasteiger partial charge in [0.25, 0.3) is 0 Å². The second kappa shape index (κ2) is 5.16. The first-order valence-electron chi connectivity index (χ1n) is 7.58. The maximum Gasteiger partial charge on any atom is 0.229 e. The van der Waals surface area contributed by atoms with Gasteiger partial charge in [-0.1, -0.05) is 12.1 Å². The zero-order valence-electron chi connectivity index (χ0n) is 12.5. The molecule has 0 radical (unpaired) electrons. The minimum Gasteiger partial charge on any atom is -0.326 e. The molecule has 2 fully saturated rings. The van der Waals surface area contributed by atoms with E-state index in [-0.39, 0.29) is 11.8 Å². The van der Waals surface area contributed by atoms with Crippen LogP contribution in [0.5, 0.6) is 0 Å². The summed E-state index contributed by atoms with van der Waals surface area (Å²) in [6, 6.07) is 10.8. The van der Waals surface area contributed by atoms with Crippen LogP contribution >= 0.6 is 0 Å². The highest BCUT2D eigenvalue weighted by Crippen LogP contribution is 2.34.